The maximum atomic E-state index is 12.6. The largest absolute Gasteiger partial charge is 0.479 e. The number of carbonyl (C=O) groups is 2. The first-order valence-electron chi connectivity index (χ1n) is 8.20. The van der Waals surface area contributed by atoms with Crippen molar-refractivity contribution in [2.45, 2.75) is 6.54 Å². The van der Waals surface area contributed by atoms with Gasteiger partial charge in [0.25, 0.3) is 5.91 Å². The zero-order valence-electron chi connectivity index (χ0n) is 14.5. The lowest BCUT2D eigenvalue weighted by molar-refractivity contribution is -0.117. The van der Waals surface area contributed by atoms with Crippen molar-refractivity contribution in [3.05, 3.63) is 36.0 Å². The van der Waals surface area contributed by atoms with Crippen molar-refractivity contribution in [2.75, 3.05) is 25.1 Å². The van der Waals surface area contributed by atoms with Gasteiger partial charge in [0.2, 0.25) is 17.7 Å². The van der Waals surface area contributed by atoms with Crippen molar-refractivity contribution in [1.29, 1.82) is 0 Å². The fraction of sp³-hybridized carbons (Fsp3) is 0.294. The van der Waals surface area contributed by atoms with Gasteiger partial charge < -0.3 is 14.6 Å². The third-order valence-electron chi connectivity index (χ3n) is 4.36. The van der Waals surface area contributed by atoms with Gasteiger partial charge in [-0.25, -0.2) is 4.98 Å². The second-order valence-corrected chi connectivity index (χ2v) is 6.01. The molecule has 4 rings (SSSR count). The van der Waals surface area contributed by atoms with Gasteiger partial charge in [-0.3, -0.25) is 19.2 Å². The molecule has 3 heterocycles. The number of rotatable bonds is 4. The first-order valence-corrected chi connectivity index (χ1v) is 8.20. The summed E-state index contributed by atoms with van der Waals surface area (Å²) in [6.07, 6.45) is 1.55. The Bertz CT molecular complexity index is 1010. The van der Waals surface area contributed by atoms with Gasteiger partial charge in [0.1, 0.15) is 5.56 Å². The van der Waals surface area contributed by atoms with E-state index in [0.717, 1.165) is 11.0 Å². The Morgan fingerprint density at radius 3 is 2.88 bits per heavy atom. The van der Waals surface area contributed by atoms with Crippen LogP contribution in [0.4, 0.5) is 5.95 Å². The standard InChI is InChI=1S/C17H18N6O3/c1-21-10-11(16(20-21)26-2)15(25)18-9-14(24)23-8-7-22-13-6-4-3-5-12(13)19-17(22)23/h3-6,10H,7-9H2,1-2H3,(H,18,25). The molecule has 2 amide bonds. The van der Waals surface area contributed by atoms with Crippen LogP contribution in [0, 0.1) is 0 Å². The third-order valence-corrected chi connectivity index (χ3v) is 4.36. The fourth-order valence-electron chi connectivity index (χ4n) is 3.15. The van der Waals surface area contributed by atoms with Crippen LogP contribution >= 0.6 is 0 Å². The van der Waals surface area contributed by atoms with Crippen LogP contribution in [-0.4, -0.2) is 51.3 Å². The average Bonchev–Trinajstić information content (AvgIpc) is 3.31. The molecule has 26 heavy (non-hydrogen) atoms. The zero-order chi connectivity index (χ0) is 18.3. The van der Waals surface area contributed by atoms with Crippen LogP contribution in [-0.2, 0) is 18.4 Å². The number of para-hydroxylation sites is 2. The summed E-state index contributed by atoms with van der Waals surface area (Å²) in [4.78, 5) is 31.0. The van der Waals surface area contributed by atoms with Crippen molar-refractivity contribution >= 4 is 28.8 Å². The summed E-state index contributed by atoms with van der Waals surface area (Å²) in [6.45, 7) is 1.10. The molecule has 0 unspecified atom stereocenters. The molecule has 1 aliphatic rings. The van der Waals surface area contributed by atoms with Crippen LogP contribution in [0.1, 0.15) is 10.4 Å². The van der Waals surface area contributed by atoms with Crippen molar-refractivity contribution in [1.82, 2.24) is 24.6 Å². The maximum absolute atomic E-state index is 12.6. The molecular weight excluding hydrogens is 336 g/mol. The van der Waals surface area contributed by atoms with E-state index in [0.29, 0.717) is 19.0 Å². The number of amides is 2. The Balaban J connectivity index is 1.47. The van der Waals surface area contributed by atoms with Gasteiger partial charge in [-0.05, 0) is 12.1 Å². The maximum Gasteiger partial charge on any atom is 0.258 e. The summed E-state index contributed by atoms with van der Waals surface area (Å²) in [5, 5.41) is 6.66. The second-order valence-electron chi connectivity index (χ2n) is 6.01. The number of hydrogen-bond donors (Lipinski definition) is 1. The highest BCUT2D eigenvalue weighted by Gasteiger charge is 2.28. The van der Waals surface area contributed by atoms with E-state index in [1.165, 1.54) is 11.8 Å². The van der Waals surface area contributed by atoms with Gasteiger partial charge in [0.05, 0.1) is 24.7 Å². The molecule has 1 aromatic carbocycles. The van der Waals surface area contributed by atoms with Crippen molar-refractivity contribution in [2.24, 2.45) is 7.05 Å². The smallest absolute Gasteiger partial charge is 0.258 e. The number of imidazole rings is 1. The highest BCUT2D eigenvalue weighted by atomic mass is 16.5. The van der Waals surface area contributed by atoms with Gasteiger partial charge in [-0.1, -0.05) is 12.1 Å². The average molecular weight is 354 g/mol. The number of carbonyl (C=O) groups excluding carboxylic acids is 2. The van der Waals surface area contributed by atoms with Crippen LogP contribution in [0.3, 0.4) is 0 Å². The molecule has 0 aliphatic carbocycles. The number of fused-ring (bicyclic) bond motifs is 3. The number of nitrogens with one attached hydrogen (secondary N) is 1. The van der Waals surface area contributed by atoms with Gasteiger partial charge in [-0.2, -0.15) is 0 Å². The van der Waals surface area contributed by atoms with Crippen LogP contribution < -0.4 is 15.0 Å². The molecule has 0 bridgehead atoms. The highest BCUT2D eigenvalue weighted by molar-refractivity contribution is 6.01. The summed E-state index contributed by atoms with van der Waals surface area (Å²) in [5.74, 6) is 0.219. The van der Waals surface area contributed by atoms with Crippen molar-refractivity contribution in [3.8, 4) is 5.88 Å². The predicted octanol–water partition coefficient (Wildman–Crippen LogP) is 0.555. The minimum atomic E-state index is -0.406. The van der Waals surface area contributed by atoms with Crippen LogP contribution in [0.2, 0.25) is 0 Å². The molecule has 0 saturated carbocycles. The lowest BCUT2D eigenvalue weighted by Crippen LogP contribution is -2.39. The number of benzene rings is 1. The molecule has 134 valence electrons. The number of aromatic nitrogens is 4. The summed E-state index contributed by atoms with van der Waals surface area (Å²) in [5.41, 5.74) is 2.14. The first kappa shape index (κ1) is 16.1. The third kappa shape index (κ3) is 2.57. The second kappa shape index (κ2) is 6.17. The minimum absolute atomic E-state index is 0.125. The summed E-state index contributed by atoms with van der Waals surface area (Å²) < 4.78 is 8.57. The van der Waals surface area contributed by atoms with Crippen LogP contribution in [0.15, 0.2) is 30.5 Å². The van der Waals surface area contributed by atoms with Crippen molar-refractivity contribution in [3.63, 3.8) is 0 Å². The molecule has 0 fully saturated rings. The van der Waals surface area contributed by atoms with E-state index in [1.807, 2.05) is 28.8 Å². The number of ether oxygens (including phenoxy) is 1. The number of hydrogen-bond acceptors (Lipinski definition) is 5. The topological polar surface area (TPSA) is 94.3 Å². The summed E-state index contributed by atoms with van der Waals surface area (Å²) in [7, 11) is 3.14. The van der Waals surface area contributed by atoms with E-state index >= 15 is 0 Å². The highest BCUT2D eigenvalue weighted by Crippen LogP contribution is 2.27. The monoisotopic (exact) mass is 354 g/mol. The van der Waals surface area contributed by atoms with E-state index in [2.05, 4.69) is 15.4 Å². The van der Waals surface area contributed by atoms with E-state index < -0.39 is 5.91 Å². The minimum Gasteiger partial charge on any atom is -0.479 e. The Kier molecular flexibility index (Phi) is 3.83. The van der Waals surface area contributed by atoms with Gasteiger partial charge >= 0.3 is 0 Å². The fourth-order valence-corrected chi connectivity index (χ4v) is 3.15. The molecule has 9 heteroatoms. The van der Waals surface area contributed by atoms with Crippen LogP contribution in [0.25, 0.3) is 11.0 Å². The predicted molar refractivity (Wildman–Crippen MR) is 94.2 cm³/mol. The molecule has 3 aromatic rings. The Morgan fingerprint density at radius 1 is 1.27 bits per heavy atom. The van der Waals surface area contributed by atoms with E-state index in [-0.39, 0.29) is 23.9 Å². The molecule has 1 aliphatic heterocycles. The van der Waals surface area contributed by atoms with Gasteiger partial charge in [-0.15, -0.1) is 5.10 Å². The lowest BCUT2D eigenvalue weighted by Gasteiger charge is -2.14. The zero-order valence-corrected chi connectivity index (χ0v) is 14.5. The lowest BCUT2D eigenvalue weighted by atomic mass is 10.3. The van der Waals surface area contributed by atoms with Gasteiger partial charge in [0.15, 0.2) is 0 Å². The summed E-state index contributed by atoms with van der Waals surface area (Å²) in [6, 6.07) is 7.76. The van der Waals surface area contributed by atoms with Crippen LogP contribution in [0.5, 0.6) is 5.88 Å². The van der Waals surface area contributed by atoms with E-state index in [4.69, 9.17) is 4.74 Å². The normalized spacial score (nSPS) is 13.1. The number of aryl methyl sites for hydroxylation is 1. The molecule has 2 aromatic heterocycles. The molecule has 9 nitrogen and oxygen atoms in total. The number of anilines is 1. The first-order chi connectivity index (χ1) is 12.6. The summed E-state index contributed by atoms with van der Waals surface area (Å²) >= 11 is 0. The Labute approximate surface area is 149 Å². The Hall–Kier alpha value is -3.36. The van der Waals surface area contributed by atoms with Gasteiger partial charge in [0, 0.05) is 26.3 Å². The molecule has 0 radical (unpaired) electrons. The molecule has 1 N–H and O–H groups in total. The van der Waals surface area contributed by atoms with Crippen molar-refractivity contribution < 1.29 is 14.3 Å². The molecule has 0 atom stereocenters. The van der Waals surface area contributed by atoms with E-state index in [9.17, 15) is 9.59 Å². The van der Waals surface area contributed by atoms with E-state index in [1.54, 1.807) is 18.1 Å². The number of methoxy groups -OCH3 is 1. The SMILES string of the molecule is COc1nn(C)cc1C(=O)NCC(=O)N1CCn2c1nc1ccccc12. The quantitative estimate of drug-likeness (QED) is 0.739. The Morgan fingerprint density at radius 2 is 2.08 bits per heavy atom. The molecule has 0 spiro atoms. The molecular formula is C17H18N6O3. The molecule has 0 saturated heterocycles. The number of nitrogens with zero attached hydrogens (tertiary/aromatic N) is 5.